The first-order chi connectivity index (χ1) is 8.11. The van der Waals surface area contributed by atoms with E-state index in [0.29, 0.717) is 0 Å². The molecule has 0 unspecified atom stereocenters. The molecule has 0 aliphatic carbocycles. The molecule has 0 aromatic heterocycles. The van der Waals surface area contributed by atoms with Gasteiger partial charge in [0.2, 0.25) is 0 Å². The lowest BCUT2D eigenvalue weighted by molar-refractivity contribution is -0.136. The van der Waals surface area contributed by atoms with E-state index in [1.165, 1.54) is 0 Å². The Kier molecular flexibility index (Phi) is 3.84. The molecule has 88 valence electrons. The van der Waals surface area contributed by atoms with Crippen molar-refractivity contribution in [2.75, 3.05) is 0 Å². The van der Waals surface area contributed by atoms with E-state index in [-0.39, 0.29) is 4.83 Å². The standard InChI is InChI=1S/C13H10Br2O2/c14-11(12(15)13(16)17)10-7-3-5-8-4-1-2-6-9(8)10/h1-7,11-12H,(H,16,17)/t11-,12-/m1/s1. The number of benzene rings is 2. The molecule has 0 spiro atoms. The summed E-state index contributed by atoms with van der Waals surface area (Å²) in [6.45, 7) is 0. The van der Waals surface area contributed by atoms with E-state index < -0.39 is 10.8 Å². The van der Waals surface area contributed by atoms with Gasteiger partial charge in [-0.1, -0.05) is 74.3 Å². The van der Waals surface area contributed by atoms with Crippen LogP contribution in [-0.2, 0) is 4.79 Å². The molecule has 0 saturated carbocycles. The van der Waals surface area contributed by atoms with Crippen LogP contribution in [0.1, 0.15) is 10.4 Å². The van der Waals surface area contributed by atoms with Crippen molar-refractivity contribution >= 4 is 48.6 Å². The lowest BCUT2D eigenvalue weighted by atomic mass is 10.0. The van der Waals surface area contributed by atoms with Crippen molar-refractivity contribution in [1.82, 2.24) is 0 Å². The number of carbonyl (C=O) groups is 1. The van der Waals surface area contributed by atoms with Crippen LogP contribution in [0.15, 0.2) is 42.5 Å². The van der Waals surface area contributed by atoms with Gasteiger partial charge in [0.25, 0.3) is 0 Å². The number of halogens is 2. The molecule has 0 radical (unpaired) electrons. The summed E-state index contributed by atoms with van der Waals surface area (Å²) in [5.74, 6) is -0.875. The maximum Gasteiger partial charge on any atom is 0.318 e. The van der Waals surface area contributed by atoms with Gasteiger partial charge in [-0.15, -0.1) is 0 Å². The van der Waals surface area contributed by atoms with Crippen molar-refractivity contribution in [3.05, 3.63) is 48.0 Å². The minimum Gasteiger partial charge on any atom is -0.480 e. The maximum atomic E-state index is 11.0. The number of fused-ring (bicyclic) bond motifs is 1. The summed E-state index contributed by atoms with van der Waals surface area (Å²) in [7, 11) is 0. The molecule has 2 nitrogen and oxygen atoms in total. The fraction of sp³-hybridized carbons (Fsp3) is 0.154. The monoisotopic (exact) mass is 356 g/mol. The second kappa shape index (κ2) is 5.19. The van der Waals surface area contributed by atoms with E-state index in [2.05, 4.69) is 31.9 Å². The number of carboxylic acid groups (broad SMARTS) is 1. The average Bonchev–Trinajstić information content (AvgIpc) is 2.36. The summed E-state index contributed by atoms with van der Waals surface area (Å²) >= 11 is 6.63. The molecule has 2 rings (SSSR count). The molecule has 2 aromatic carbocycles. The van der Waals surface area contributed by atoms with Crippen molar-refractivity contribution in [3.8, 4) is 0 Å². The Labute approximate surface area is 116 Å². The van der Waals surface area contributed by atoms with E-state index in [0.717, 1.165) is 16.3 Å². The first-order valence-electron chi connectivity index (χ1n) is 5.10. The highest BCUT2D eigenvalue weighted by Gasteiger charge is 2.25. The molecular weight excluding hydrogens is 348 g/mol. The molecule has 2 aromatic rings. The first-order valence-corrected chi connectivity index (χ1v) is 6.93. The van der Waals surface area contributed by atoms with Gasteiger partial charge in [0.05, 0.1) is 4.83 Å². The van der Waals surface area contributed by atoms with Crippen molar-refractivity contribution < 1.29 is 9.90 Å². The lowest BCUT2D eigenvalue weighted by Crippen LogP contribution is -2.18. The Balaban J connectivity index is 2.52. The number of hydrogen-bond acceptors (Lipinski definition) is 1. The van der Waals surface area contributed by atoms with Crippen molar-refractivity contribution in [1.29, 1.82) is 0 Å². The van der Waals surface area contributed by atoms with Gasteiger partial charge < -0.3 is 5.11 Å². The van der Waals surface area contributed by atoms with Gasteiger partial charge in [0.1, 0.15) is 4.83 Å². The van der Waals surface area contributed by atoms with E-state index in [1.54, 1.807) is 0 Å². The zero-order valence-electron chi connectivity index (χ0n) is 8.81. The van der Waals surface area contributed by atoms with Crippen LogP contribution in [0.25, 0.3) is 10.8 Å². The Hall–Kier alpha value is -0.870. The van der Waals surface area contributed by atoms with Crippen molar-refractivity contribution in [2.45, 2.75) is 9.65 Å². The van der Waals surface area contributed by atoms with Crippen LogP contribution < -0.4 is 0 Å². The molecule has 0 fully saturated rings. The van der Waals surface area contributed by atoms with Crippen molar-refractivity contribution in [3.63, 3.8) is 0 Å². The smallest absolute Gasteiger partial charge is 0.318 e. The van der Waals surface area contributed by atoms with Crippen LogP contribution in [0.4, 0.5) is 0 Å². The topological polar surface area (TPSA) is 37.3 Å². The van der Waals surface area contributed by atoms with Gasteiger partial charge in [0, 0.05) is 0 Å². The Morgan fingerprint density at radius 3 is 2.41 bits per heavy atom. The summed E-state index contributed by atoms with van der Waals surface area (Å²) in [6, 6.07) is 13.8. The predicted octanol–water partition coefficient (Wildman–Crippen LogP) is 4.12. The number of aliphatic carboxylic acids is 1. The lowest BCUT2D eigenvalue weighted by Gasteiger charge is -2.15. The van der Waals surface area contributed by atoms with E-state index in [1.807, 2.05) is 42.5 Å². The largest absolute Gasteiger partial charge is 0.480 e. The first kappa shape index (κ1) is 12.6. The highest BCUT2D eigenvalue weighted by molar-refractivity contribution is 9.12. The highest BCUT2D eigenvalue weighted by Crippen LogP contribution is 2.35. The highest BCUT2D eigenvalue weighted by atomic mass is 79.9. The molecule has 0 aliphatic rings. The number of alkyl halides is 2. The fourth-order valence-electron chi connectivity index (χ4n) is 1.77. The molecule has 17 heavy (non-hydrogen) atoms. The third-order valence-electron chi connectivity index (χ3n) is 2.61. The SMILES string of the molecule is O=C(O)[C@H](Br)[C@H](Br)c1cccc2ccccc12. The Morgan fingerprint density at radius 2 is 1.71 bits per heavy atom. The average molecular weight is 358 g/mol. The zero-order chi connectivity index (χ0) is 12.4. The normalized spacial score (nSPS) is 14.5. The third-order valence-corrected chi connectivity index (χ3v) is 5.26. The quantitative estimate of drug-likeness (QED) is 0.839. The minimum absolute atomic E-state index is 0.258. The Bertz CT molecular complexity index is 549. The molecule has 0 aliphatic heterocycles. The van der Waals surface area contributed by atoms with E-state index in [9.17, 15) is 4.79 Å². The van der Waals surface area contributed by atoms with E-state index >= 15 is 0 Å². The van der Waals surface area contributed by atoms with Crippen LogP contribution >= 0.6 is 31.9 Å². The zero-order valence-corrected chi connectivity index (χ0v) is 12.0. The van der Waals surface area contributed by atoms with Crippen molar-refractivity contribution in [2.24, 2.45) is 0 Å². The minimum atomic E-state index is -0.875. The van der Waals surface area contributed by atoms with E-state index in [4.69, 9.17) is 5.11 Å². The fourth-order valence-corrected chi connectivity index (χ4v) is 2.68. The number of carboxylic acids is 1. The van der Waals surface area contributed by atoms with Gasteiger partial charge >= 0.3 is 5.97 Å². The third kappa shape index (κ3) is 2.53. The van der Waals surface area contributed by atoms with Crippen LogP contribution in [0.3, 0.4) is 0 Å². The van der Waals surface area contributed by atoms with Gasteiger partial charge in [-0.3, -0.25) is 4.79 Å². The Morgan fingerprint density at radius 1 is 1.06 bits per heavy atom. The summed E-state index contributed by atoms with van der Waals surface area (Å²) in [6.07, 6.45) is 0. The maximum absolute atomic E-state index is 11.0. The molecule has 0 amide bonds. The summed E-state index contributed by atoms with van der Waals surface area (Å²) in [5.41, 5.74) is 0.979. The summed E-state index contributed by atoms with van der Waals surface area (Å²) in [5, 5.41) is 11.2. The van der Waals surface area contributed by atoms with Crippen LogP contribution in [0, 0.1) is 0 Å². The molecule has 2 atom stereocenters. The summed E-state index contributed by atoms with van der Waals surface area (Å²) < 4.78 is 0. The van der Waals surface area contributed by atoms with Gasteiger partial charge in [-0.25, -0.2) is 0 Å². The molecule has 0 heterocycles. The predicted molar refractivity (Wildman–Crippen MR) is 76.0 cm³/mol. The second-order valence-electron chi connectivity index (χ2n) is 3.71. The number of rotatable bonds is 3. The van der Waals surface area contributed by atoms with Gasteiger partial charge in [0.15, 0.2) is 0 Å². The molecule has 1 N–H and O–H groups in total. The van der Waals surface area contributed by atoms with Crippen LogP contribution in [0.5, 0.6) is 0 Å². The van der Waals surface area contributed by atoms with Crippen LogP contribution in [-0.4, -0.2) is 15.9 Å². The van der Waals surface area contributed by atoms with Gasteiger partial charge in [-0.05, 0) is 16.3 Å². The molecule has 0 bridgehead atoms. The second-order valence-corrected chi connectivity index (χ2v) is 5.68. The molecule has 0 saturated heterocycles. The number of hydrogen-bond donors (Lipinski definition) is 1. The summed E-state index contributed by atoms with van der Waals surface area (Å²) in [4.78, 5) is 10.1. The van der Waals surface area contributed by atoms with Gasteiger partial charge in [-0.2, -0.15) is 0 Å². The van der Waals surface area contributed by atoms with Crippen LogP contribution in [0.2, 0.25) is 0 Å². The molecular formula is C13H10Br2O2. The molecule has 4 heteroatoms.